The lowest BCUT2D eigenvalue weighted by Gasteiger charge is -2.30. The first kappa shape index (κ1) is 12.3. The van der Waals surface area contributed by atoms with Crippen molar-refractivity contribution in [2.24, 2.45) is 5.84 Å². The molecule has 0 saturated carbocycles. The topological polar surface area (TPSA) is 46.3 Å². The number of hydrogen-bond donors (Lipinski definition) is 1. The van der Waals surface area contributed by atoms with Gasteiger partial charge in [-0.15, -0.1) is 0 Å². The van der Waals surface area contributed by atoms with E-state index in [1.54, 1.807) is 0 Å². The summed E-state index contributed by atoms with van der Waals surface area (Å²) in [7, 11) is 0. The summed E-state index contributed by atoms with van der Waals surface area (Å²) in [5.74, 6) is 6.03. The molecular formula is C15H16N2O. The lowest BCUT2D eigenvalue weighted by molar-refractivity contribution is -0.113. The predicted octanol–water partition coefficient (Wildman–Crippen LogP) is 2.64. The molecule has 0 aliphatic carbocycles. The van der Waals surface area contributed by atoms with E-state index in [2.05, 4.69) is 6.58 Å². The highest BCUT2D eigenvalue weighted by atomic mass is 16.1. The number of hydrogen-bond acceptors (Lipinski definition) is 3. The summed E-state index contributed by atoms with van der Waals surface area (Å²) in [6.45, 7) is 7.35. The van der Waals surface area contributed by atoms with Crippen molar-refractivity contribution in [1.82, 2.24) is 5.01 Å². The van der Waals surface area contributed by atoms with E-state index in [0.717, 1.165) is 16.8 Å². The normalized spacial score (nSPS) is 15.8. The van der Waals surface area contributed by atoms with Crippen LogP contribution in [0.5, 0.6) is 0 Å². The van der Waals surface area contributed by atoms with E-state index in [0.29, 0.717) is 11.3 Å². The summed E-state index contributed by atoms with van der Waals surface area (Å²) < 4.78 is 0. The molecule has 2 N–H and O–H groups in total. The second kappa shape index (κ2) is 4.63. The van der Waals surface area contributed by atoms with Crippen molar-refractivity contribution in [3.8, 4) is 0 Å². The molecule has 0 bridgehead atoms. The molecule has 1 aromatic carbocycles. The molecule has 1 aliphatic heterocycles. The lowest BCUT2D eigenvalue weighted by atomic mass is 9.97. The van der Waals surface area contributed by atoms with E-state index >= 15 is 0 Å². The van der Waals surface area contributed by atoms with Crippen LogP contribution >= 0.6 is 0 Å². The van der Waals surface area contributed by atoms with Crippen LogP contribution in [0.15, 0.2) is 59.8 Å². The lowest BCUT2D eigenvalue weighted by Crippen LogP contribution is -2.33. The van der Waals surface area contributed by atoms with Gasteiger partial charge in [-0.2, -0.15) is 0 Å². The van der Waals surface area contributed by atoms with Crippen LogP contribution in [-0.4, -0.2) is 10.8 Å². The third kappa shape index (κ3) is 2.00. The maximum absolute atomic E-state index is 11.5. The van der Waals surface area contributed by atoms with Gasteiger partial charge in [-0.05, 0) is 31.1 Å². The van der Waals surface area contributed by atoms with Crippen molar-refractivity contribution in [3.63, 3.8) is 0 Å². The Morgan fingerprint density at radius 1 is 1.28 bits per heavy atom. The molecular weight excluding hydrogens is 224 g/mol. The van der Waals surface area contributed by atoms with Crippen LogP contribution in [0.2, 0.25) is 0 Å². The van der Waals surface area contributed by atoms with Gasteiger partial charge < -0.3 is 0 Å². The van der Waals surface area contributed by atoms with Crippen LogP contribution in [0.25, 0.3) is 5.70 Å². The second-order valence-electron chi connectivity index (χ2n) is 4.33. The van der Waals surface area contributed by atoms with E-state index in [4.69, 9.17) is 5.84 Å². The number of nitrogens with zero attached hydrogens (tertiary/aromatic N) is 1. The molecule has 0 unspecified atom stereocenters. The Hall–Kier alpha value is -2.13. The molecule has 0 radical (unpaired) electrons. The maximum atomic E-state index is 11.5. The fourth-order valence-electron chi connectivity index (χ4n) is 2.09. The zero-order valence-corrected chi connectivity index (χ0v) is 10.6. The molecule has 0 aromatic heterocycles. The predicted molar refractivity (Wildman–Crippen MR) is 73.0 cm³/mol. The monoisotopic (exact) mass is 240 g/mol. The fourth-order valence-corrected chi connectivity index (χ4v) is 2.09. The van der Waals surface area contributed by atoms with Gasteiger partial charge in [0.1, 0.15) is 0 Å². The maximum Gasteiger partial charge on any atom is 0.161 e. The van der Waals surface area contributed by atoms with Crippen LogP contribution in [0.4, 0.5) is 0 Å². The third-order valence-corrected chi connectivity index (χ3v) is 3.00. The Morgan fingerprint density at radius 2 is 1.89 bits per heavy atom. The number of hydrazine groups is 1. The first-order valence-electron chi connectivity index (χ1n) is 5.75. The fraction of sp³-hybridized carbons (Fsp3) is 0.133. The van der Waals surface area contributed by atoms with Crippen molar-refractivity contribution in [1.29, 1.82) is 0 Å². The van der Waals surface area contributed by atoms with E-state index in [9.17, 15) is 4.79 Å². The van der Waals surface area contributed by atoms with Crippen LogP contribution in [0.3, 0.4) is 0 Å². The highest BCUT2D eigenvalue weighted by Gasteiger charge is 2.23. The molecule has 2 rings (SSSR count). The molecule has 3 nitrogen and oxygen atoms in total. The minimum absolute atomic E-state index is 0.0260. The summed E-state index contributed by atoms with van der Waals surface area (Å²) in [6.07, 6.45) is 1.84. The molecule has 0 fully saturated rings. The SMILES string of the molecule is C=C1C(C(C)=O)=CC(C)=C(c2ccccc2)N1N. The van der Waals surface area contributed by atoms with Gasteiger partial charge in [0.25, 0.3) is 0 Å². The molecule has 1 heterocycles. The van der Waals surface area contributed by atoms with Gasteiger partial charge in [-0.1, -0.05) is 36.9 Å². The third-order valence-electron chi connectivity index (χ3n) is 3.00. The molecule has 18 heavy (non-hydrogen) atoms. The van der Waals surface area contributed by atoms with Gasteiger partial charge in [-0.3, -0.25) is 9.80 Å². The molecule has 1 aliphatic rings. The highest BCUT2D eigenvalue weighted by Crippen LogP contribution is 2.32. The van der Waals surface area contributed by atoms with Crippen molar-refractivity contribution >= 4 is 11.5 Å². The molecule has 0 amide bonds. The van der Waals surface area contributed by atoms with Gasteiger partial charge in [-0.25, -0.2) is 5.84 Å². The second-order valence-corrected chi connectivity index (χ2v) is 4.33. The van der Waals surface area contributed by atoms with Gasteiger partial charge in [0.05, 0.1) is 11.4 Å². The minimum atomic E-state index is -0.0260. The Bertz CT molecular complexity index is 567. The zero-order valence-electron chi connectivity index (χ0n) is 10.6. The van der Waals surface area contributed by atoms with Crippen LogP contribution < -0.4 is 5.84 Å². The number of carbonyl (C=O) groups is 1. The van der Waals surface area contributed by atoms with Crippen molar-refractivity contribution in [2.45, 2.75) is 13.8 Å². The summed E-state index contributed by atoms with van der Waals surface area (Å²) >= 11 is 0. The van der Waals surface area contributed by atoms with Crippen LogP contribution in [0, 0.1) is 0 Å². The standard InChI is InChI=1S/C15H16N2O/c1-10-9-14(12(3)18)11(2)17(16)15(10)13-7-5-4-6-8-13/h4-9H,2,16H2,1,3H3. The number of rotatable bonds is 2. The Kier molecular flexibility index (Phi) is 3.17. The van der Waals surface area contributed by atoms with E-state index < -0.39 is 0 Å². The summed E-state index contributed by atoms with van der Waals surface area (Å²) in [6, 6.07) is 9.83. The molecule has 1 aromatic rings. The average molecular weight is 240 g/mol. The van der Waals surface area contributed by atoms with Gasteiger partial charge in [0, 0.05) is 5.57 Å². The molecule has 3 heteroatoms. The smallest absolute Gasteiger partial charge is 0.161 e. The highest BCUT2D eigenvalue weighted by molar-refractivity contribution is 5.99. The van der Waals surface area contributed by atoms with Crippen LogP contribution in [-0.2, 0) is 4.79 Å². The van der Waals surface area contributed by atoms with Crippen LogP contribution in [0.1, 0.15) is 19.4 Å². The average Bonchev–Trinajstić information content (AvgIpc) is 2.35. The molecule has 0 saturated heterocycles. The number of benzene rings is 1. The van der Waals surface area contributed by atoms with E-state index in [-0.39, 0.29) is 5.78 Å². The Labute approximate surface area is 107 Å². The zero-order chi connectivity index (χ0) is 13.3. The number of allylic oxidation sites excluding steroid dienone is 3. The number of nitrogens with two attached hydrogens (primary N) is 1. The van der Waals surface area contributed by atoms with Gasteiger partial charge in [0.2, 0.25) is 0 Å². The van der Waals surface area contributed by atoms with Gasteiger partial charge >= 0.3 is 0 Å². The number of carbonyl (C=O) groups excluding carboxylic acids is 1. The quantitative estimate of drug-likeness (QED) is 0.808. The summed E-state index contributed by atoms with van der Waals surface area (Å²) in [5.41, 5.74) is 3.95. The summed E-state index contributed by atoms with van der Waals surface area (Å²) in [5, 5.41) is 1.49. The Morgan fingerprint density at radius 3 is 2.44 bits per heavy atom. The number of ketones is 1. The van der Waals surface area contributed by atoms with Crippen molar-refractivity contribution in [3.05, 3.63) is 65.4 Å². The first-order chi connectivity index (χ1) is 8.52. The van der Waals surface area contributed by atoms with Gasteiger partial charge in [0.15, 0.2) is 5.78 Å². The van der Waals surface area contributed by atoms with Crippen molar-refractivity contribution in [2.75, 3.05) is 0 Å². The largest absolute Gasteiger partial charge is 0.294 e. The van der Waals surface area contributed by atoms with E-state index in [1.165, 1.54) is 11.9 Å². The van der Waals surface area contributed by atoms with E-state index in [1.807, 2.05) is 43.3 Å². The summed E-state index contributed by atoms with van der Waals surface area (Å²) in [4.78, 5) is 11.5. The molecule has 0 spiro atoms. The first-order valence-corrected chi connectivity index (χ1v) is 5.75. The van der Waals surface area contributed by atoms with Crippen molar-refractivity contribution < 1.29 is 4.79 Å². The minimum Gasteiger partial charge on any atom is -0.294 e. The molecule has 0 atom stereocenters. The number of Topliss-reactive ketones (excluding diaryl/α,β-unsaturated/α-hetero) is 1. The molecule has 92 valence electrons. The Balaban J connectivity index is 2.57.